The van der Waals surface area contributed by atoms with E-state index in [-0.39, 0.29) is 30.0 Å². The normalized spacial score (nSPS) is 19.2. The Kier molecular flexibility index (Phi) is 6.99. The summed E-state index contributed by atoms with van der Waals surface area (Å²) in [5.41, 5.74) is 2.67. The second kappa shape index (κ2) is 8.76. The van der Waals surface area contributed by atoms with E-state index in [1.54, 1.807) is 0 Å². The van der Waals surface area contributed by atoms with Gasteiger partial charge in [-0.2, -0.15) is 0 Å². The van der Waals surface area contributed by atoms with Crippen LogP contribution < -0.4 is 15.5 Å². The summed E-state index contributed by atoms with van der Waals surface area (Å²) in [7, 11) is 1.84. The molecule has 1 unspecified atom stereocenters. The van der Waals surface area contributed by atoms with Crippen molar-refractivity contribution in [1.29, 1.82) is 0 Å². The van der Waals surface area contributed by atoms with Crippen molar-refractivity contribution in [3.8, 4) is 0 Å². The van der Waals surface area contributed by atoms with Crippen LogP contribution in [-0.2, 0) is 0 Å². The summed E-state index contributed by atoms with van der Waals surface area (Å²) in [4.78, 5) is 6.82. The molecular formula is C18H29IN4. The molecule has 1 saturated heterocycles. The van der Waals surface area contributed by atoms with Crippen LogP contribution in [0.25, 0.3) is 0 Å². The number of nitrogens with zero attached hydrogens (tertiary/aromatic N) is 2. The molecule has 3 rings (SSSR count). The summed E-state index contributed by atoms with van der Waals surface area (Å²) in [5.74, 6) is 1.76. The third-order valence-electron chi connectivity index (χ3n) is 4.67. The van der Waals surface area contributed by atoms with E-state index in [1.807, 2.05) is 7.05 Å². The molecule has 2 aliphatic rings. The van der Waals surface area contributed by atoms with Gasteiger partial charge in [-0.15, -0.1) is 24.0 Å². The Morgan fingerprint density at radius 1 is 1.30 bits per heavy atom. The Morgan fingerprint density at radius 2 is 2.04 bits per heavy atom. The lowest BCUT2D eigenvalue weighted by atomic mass is 10.1. The van der Waals surface area contributed by atoms with Crippen LogP contribution in [-0.4, -0.2) is 32.6 Å². The lowest BCUT2D eigenvalue weighted by Gasteiger charge is -2.22. The minimum atomic E-state index is 0. The van der Waals surface area contributed by atoms with Crippen LogP contribution >= 0.6 is 24.0 Å². The van der Waals surface area contributed by atoms with Crippen LogP contribution in [0.1, 0.15) is 44.2 Å². The zero-order valence-electron chi connectivity index (χ0n) is 14.2. The highest BCUT2D eigenvalue weighted by molar-refractivity contribution is 14.0. The van der Waals surface area contributed by atoms with E-state index in [9.17, 15) is 0 Å². The Hall–Kier alpha value is -0.980. The zero-order chi connectivity index (χ0) is 15.4. The maximum atomic E-state index is 4.34. The molecule has 0 aromatic heterocycles. The SMILES string of the molecule is CN=C(NCC1CC1)NC(C)c1cccc(N2CCCC2)c1.I. The average Bonchev–Trinajstić information content (AvgIpc) is 3.22. The maximum Gasteiger partial charge on any atom is 0.191 e. The minimum absolute atomic E-state index is 0. The van der Waals surface area contributed by atoms with Gasteiger partial charge in [0.15, 0.2) is 5.96 Å². The van der Waals surface area contributed by atoms with E-state index in [1.165, 1.54) is 50.0 Å². The molecule has 0 spiro atoms. The predicted molar refractivity (Wildman–Crippen MR) is 109 cm³/mol. The summed E-state index contributed by atoms with van der Waals surface area (Å²) in [6.07, 6.45) is 5.35. The maximum absolute atomic E-state index is 4.34. The summed E-state index contributed by atoms with van der Waals surface area (Å²) >= 11 is 0. The first-order valence-electron chi connectivity index (χ1n) is 8.58. The molecule has 128 valence electrons. The Labute approximate surface area is 157 Å². The molecule has 1 atom stereocenters. The Bertz CT molecular complexity index is 522. The first kappa shape index (κ1) is 18.4. The highest BCUT2D eigenvalue weighted by atomic mass is 127. The van der Waals surface area contributed by atoms with Gasteiger partial charge in [0.05, 0.1) is 6.04 Å². The molecule has 0 amide bonds. The number of anilines is 1. The monoisotopic (exact) mass is 428 g/mol. The van der Waals surface area contributed by atoms with Crippen molar-refractivity contribution in [3.63, 3.8) is 0 Å². The number of benzene rings is 1. The largest absolute Gasteiger partial charge is 0.372 e. The van der Waals surface area contributed by atoms with Crippen molar-refractivity contribution >= 4 is 35.6 Å². The number of hydrogen-bond acceptors (Lipinski definition) is 2. The fourth-order valence-electron chi connectivity index (χ4n) is 3.01. The standard InChI is InChI=1S/C18H28N4.HI/c1-14(21-18(19-2)20-13-15-8-9-15)16-6-5-7-17(12-16)22-10-3-4-11-22;/h5-7,12,14-15H,3-4,8-11,13H2,1-2H3,(H2,19,20,21);1H. The number of nitrogens with one attached hydrogen (secondary N) is 2. The van der Waals surface area contributed by atoms with Gasteiger partial charge in [-0.3, -0.25) is 4.99 Å². The third kappa shape index (κ3) is 5.26. The molecule has 2 N–H and O–H groups in total. The average molecular weight is 428 g/mol. The molecule has 1 saturated carbocycles. The molecule has 23 heavy (non-hydrogen) atoms. The van der Waals surface area contributed by atoms with Crippen LogP contribution in [0.3, 0.4) is 0 Å². The van der Waals surface area contributed by atoms with Crippen LogP contribution in [0.2, 0.25) is 0 Å². The zero-order valence-corrected chi connectivity index (χ0v) is 16.5. The first-order valence-corrected chi connectivity index (χ1v) is 8.58. The Balaban J connectivity index is 0.00000192. The van der Waals surface area contributed by atoms with Gasteiger partial charge in [0.25, 0.3) is 0 Å². The van der Waals surface area contributed by atoms with Gasteiger partial charge in [0.2, 0.25) is 0 Å². The van der Waals surface area contributed by atoms with E-state index < -0.39 is 0 Å². The fraction of sp³-hybridized carbons (Fsp3) is 0.611. The van der Waals surface area contributed by atoms with Gasteiger partial charge in [-0.25, -0.2) is 0 Å². The quantitative estimate of drug-likeness (QED) is 0.428. The molecule has 1 aliphatic heterocycles. The number of hydrogen-bond donors (Lipinski definition) is 2. The molecule has 4 nitrogen and oxygen atoms in total. The van der Waals surface area contributed by atoms with Crippen LogP contribution in [0.4, 0.5) is 5.69 Å². The van der Waals surface area contributed by atoms with Crippen molar-refractivity contribution in [2.75, 3.05) is 31.6 Å². The highest BCUT2D eigenvalue weighted by Crippen LogP contribution is 2.27. The minimum Gasteiger partial charge on any atom is -0.372 e. The molecule has 1 heterocycles. The highest BCUT2D eigenvalue weighted by Gasteiger charge is 2.21. The van der Waals surface area contributed by atoms with Gasteiger partial charge >= 0.3 is 0 Å². The van der Waals surface area contributed by atoms with Crippen molar-refractivity contribution in [3.05, 3.63) is 29.8 Å². The predicted octanol–water partition coefficient (Wildman–Crippen LogP) is 3.54. The fourth-order valence-corrected chi connectivity index (χ4v) is 3.01. The topological polar surface area (TPSA) is 39.7 Å². The number of guanidine groups is 1. The summed E-state index contributed by atoms with van der Waals surface area (Å²) in [5, 5.41) is 6.93. The summed E-state index contributed by atoms with van der Waals surface area (Å²) in [6, 6.07) is 9.17. The molecule has 1 aromatic carbocycles. The molecule has 1 aliphatic carbocycles. The van der Waals surface area contributed by atoms with Gasteiger partial charge in [-0.1, -0.05) is 12.1 Å². The molecule has 2 fully saturated rings. The van der Waals surface area contributed by atoms with Crippen LogP contribution in [0, 0.1) is 5.92 Å². The van der Waals surface area contributed by atoms with Gasteiger partial charge in [0.1, 0.15) is 0 Å². The smallest absolute Gasteiger partial charge is 0.191 e. The van der Waals surface area contributed by atoms with Gasteiger partial charge in [-0.05, 0) is 56.2 Å². The van der Waals surface area contributed by atoms with E-state index in [0.717, 1.165) is 18.4 Å². The second-order valence-electron chi connectivity index (χ2n) is 6.55. The lowest BCUT2D eigenvalue weighted by molar-refractivity contribution is 0.670. The molecule has 0 radical (unpaired) electrons. The first-order chi connectivity index (χ1) is 10.8. The number of halogens is 1. The third-order valence-corrected chi connectivity index (χ3v) is 4.67. The molecule has 5 heteroatoms. The molecule has 1 aromatic rings. The Morgan fingerprint density at radius 3 is 2.70 bits per heavy atom. The van der Waals surface area contributed by atoms with Gasteiger partial charge in [0, 0.05) is 32.4 Å². The van der Waals surface area contributed by atoms with Crippen molar-refractivity contribution < 1.29 is 0 Å². The van der Waals surface area contributed by atoms with E-state index >= 15 is 0 Å². The van der Waals surface area contributed by atoms with Crippen molar-refractivity contribution in [1.82, 2.24) is 10.6 Å². The molecular weight excluding hydrogens is 399 g/mol. The summed E-state index contributed by atoms with van der Waals surface area (Å²) < 4.78 is 0. The van der Waals surface area contributed by atoms with Crippen LogP contribution in [0.5, 0.6) is 0 Å². The van der Waals surface area contributed by atoms with E-state index in [2.05, 4.69) is 51.7 Å². The second-order valence-corrected chi connectivity index (χ2v) is 6.55. The number of aliphatic imine (C=N–C) groups is 1. The molecule has 0 bridgehead atoms. The van der Waals surface area contributed by atoms with Crippen LogP contribution in [0.15, 0.2) is 29.3 Å². The van der Waals surface area contributed by atoms with Crippen molar-refractivity contribution in [2.24, 2.45) is 10.9 Å². The van der Waals surface area contributed by atoms with Gasteiger partial charge < -0.3 is 15.5 Å². The van der Waals surface area contributed by atoms with E-state index in [4.69, 9.17) is 0 Å². The lowest BCUT2D eigenvalue weighted by Crippen LogP contribution is -2.39. The number of rotatable bonds is 5. The summed E-state index contributed by atoms with van der Waals surface area (Å²) in [6.45, 7) is 5.62. The van der Waals surface area contributed by atoms with E-state index in [0.29, 0.717) is 0 Å². The van der Waals surface area contributed by atoms with Crippen molar-refractivity contribution in [2.45, 2.75) is 38.6 Å².